The molecule has 1 aliphatic heterocycles. The number of benzene rings is 13. The van der Waals surface area contributed by atoms with Crippen LogP contribution in [0.3, 0.4) is 0 Å². The van der Waals surface area contributed by atoms with Gasteiger partial charge in [-0.2, -0.15) is 0 Å². The number of rotatable bonds is 8. The molecular formula is C80H52N2. The van der Waals surface area contributed by atoms with Gasteiger partial charge in [0.2, 0.25) is 0 Å². The van der Waals surface area contributed by atoms with E-state index in [2.05, 4.69) is 325 Å². The normalized spacial score (nSPS) is 14.7. The molecule has 1 aromatic heterocycles. The van der Waals surface area contributed by atoms with Crippen molar-refractivity contribution < 1.29 is 0 Å². The van der Waals surface area contributed by atoms with E-state index in [1.165, 1.54) is 105 Å². The Hall–Kier alpha value is -10.5. The minimum atomic E-state index is -0.597. The van der Waals surface area contributed by atoms with Crippen LogP contribution in [0.5, 0.6) is 0 Å². The van der Waals surface area contributed by atoms with Gasteiger partial charge in [-0.3, -0.25) is 0 Å². The third-order valence-electron chi connectivity index (χ3n) is 18.3. The van der Waals surface area contributed by atoms with Crippen molar-refractivity contribution in [2.24, 2.45) is 0 Å². The second kappa shape index (κ2) is 18.0. The first-order valence-corrected chi connectivity index (χ1v) is 28.6. The van der Waals surface area contributed by atoms with Crippen LogP contribution in [0.15, 0.2) is 315 Å². The largest absolute Gasteiger partial charge is 0.309 e. The first kappa shape index (κ1) is 46.4. The molecule has 382 valence electrons. The Morgan fingerprint density at radius 3 is 1.41 bits per heavy atom. The van der Waals surface area contributed by atoms with E-state index in [0.717, 1.165) is 39.3 Å². The summed E-state index contributed by atoms with van der Waals surface area (Å²) in [7, 11) is 0. The lowest BCUT2D eigenvalue weighted by molar-refractivity contribution is 0.749. The van der Waals surface area contributed by atoms with Crippen LogP contribution in [0, 0.1) is 0 Å². The molecule has 0 bridgehead atoms. The highest BCUT2D eigenvalue weighted by Crippen LogP contribution is 2.63. The Bertz CT molecular complexity index is 4840. The van der Waals surface area contributed by atoms with E-state index in [1.54, 1.807) is 0 Å². The van der Waals surface area contributed by atoms with Crippen molar-refractivity contribution in [3.63, 3.8) is 0 Å². The smallest absolute Gasteiger partial charge is 0.0754 e. The number of hydrogen-bond donors (Lipinski definition) is 0. The van der Waals surface area contributed by atoms with E-state index >= 15 is 0 Å². The number of anilines is 3. The highest BCUT2D eigenvalue weighted by atomic mass is 15.1. The molecule has 1 spiro atoms. The fraction of sp³-hybridized carbons (Fsp3) is 0.0250. The molecular weight excluding hydrogens is 989 g/mol. The van der Waals surface area contributed by atoms with E-state index in [9.17, 15) is 0 Å². The zero-order chi connectivity index (χ0) is 53.9. The van der Waals surface area contributed by atoms with Gasteiger partial charge in [0.1, 0.15) is 0 Å². The van der Waals surface area contributed by atoms with Gasteiger partial charge in [0.05, 0.1) is 38.9 Å². The Morgan fingerprint density at radius 2 is 0.720 bits per heavy atom. The van der Waals surface area contributed by atoms with Gasteiger partial charge >= 0.3 is 0 Å². The molecule has 0 fully saturated rings. The maximum atomic E-state index is 2.55. The van der Waals surface area contributed by atoms with Crippen LogP contribution in [0.2, 0.25) is 0 Å². The van der Waals surface area contributed by atoms with Crippen LogP contribution in [0.4, 0.5) is 17.1 Å². The summed E-state index contributed by atoms with van der Waals surface area (Å²) < 4.78 is 2.53. The Balaban J connectivity index is 0.932. The minimum Gasteiger partial charge on any atom is -0.309 e. The summed E-state index contributed by atoms with van der Waals surface area (Å²) in [6, 6.07) is 118. The molecule has 0 saturated heterocycles. The molecule has 1 unspecified atom stereocenters. The van der Waals surface area contributed by atoms with Crippen molar-refractivity contribution >= 4 is 38.9 Å². The quantitative estimate of drug-likeness (QED) is 0.147. The van der Waals surface area contributed by atoms with Gasteiger partial charge in [-0.25, -0.2) is 0 Å². The summed E-state index contributed by atoms with van der Waals surface area (Å²) in [5.74, 6) is 0. The summed E-state index contributed by atoms with van der Waals surface area (Å²) >= 11 is 0. The number of nitrogens with zero attached hydrogens (tertiary/aromatic N) is 2. The first-order valence-electron chi connectivity index (χ1n) is 28.6. The lowest BCUT2D eigenvalue weighted by Gasteiger charge is -2.39. The SMILES string of the molecule is c1ccc(-c2cccc(-c3ccccc3N(c3ccc4c(c3)C(c3ccccc3)(c3ccccc3)c3ccccc3-4)c3ccccc3-c3ccc4c(c3)C3(c5ccccc5-4)c4ccccc4-n4c5ccccc5c5cccc3c54)c2)cc1. The average molecular weight is 1040 g/mol. The Morgan fingerprint density at radius 1 is 0.256 bits per heavy atom. The number of para-hydroxylation sites is 5. The molecule has 0 radical (unpaired) electrons. The van der Waals surface area contributed by atoms with Gasteiger partial charge in [-0.1, -0.05) is 267 Å². The molecule has 14 aromatic rings. The summed E-state index contributed by atoms with van der Waals surface area (Å²) in [4.78, 5) is 2.55. The van der Waals surface area contributed by atoms with Crippen LogP contribution in [0.1, 0.15) is 44.5 Å². The molecule has 0 saturated carbocycles. The predicted molar refractivity (Wildman–Crippen MR) is 340 cm³/mol. The van der Waals surface area contributed by atoms with Gasteiger partial charge in [-0.15, -0.1) is 0 Å². The standard InChI is InChI=1S/C80H52N2/c1-4-24-53(25-5-1)54-26-22-27-55(50-54)60-32-12-18-42-74(60)81(59-47-49-65-62-34-10-15-38-68(62)79(73(65)52-59,57-28-6-2-7-29-57)58-30-8-3-9-31-58)75-43-19-13-33-61(75)56-46-48-64-63-35-11-16-39-69(63)80(72(64)51-56)70-40-17-21-45-77(70)82-76-44-20-14-36-66(76)67-37-23-41-71(80)78(67)82/h1-52H. The van der Waals surface area contributed by atoms with E-state index in [0.29, 0.717) is 0 Å². The van der Waals surface area contributed by atoms with Crippen molar-refractivity contribution in [1.29, 1.82) is 0 Å². The van der Waals surface area contributed by atoms with E-state index in [4.69, 9.17) is 0 Å². The molecule has 17 rings (SSSR count). The van der Waals surface area contributed by atoms with Crippen LogP contribution in [0.25, 0.3) is 83.1 Å². The van der Waals surface area contributed by atoms with Gasteiger partial charge in [0.15, 0.2) is 0 Å². The van der Waals surface area contributed by atoms with E-state index in [-0.39, 0.29) is 0 Å². The molecule has 2 aliphatic carbocycles. The summed E-state index contributed by atoms with van der Waals surface area (Å²) in [6.45, 7) is 0. The molecule has 0 amide bonds. The van der Waals surface area contributed by atoms with Crippen LogP contribution in [-0.2, 0) is 10.8 Å². The second-order valence-electron chi connectivity index (χ2n) is 22.2. The van der Waals surface area contributed by atoms with Gasteiger partial charge in [0, 0.05) is 27.6 Å². The molecule has 0 N–H and O–H groups in total. The molecule has 2 nitrogen and oxygen atoms in total. The fourth-order valence-corrected chi connectivity index (χ4v) is 15.0. The molecule has 2 heterocycles. The molecule has 82 heavy (non-hydrogen) atoms. The summed E-state index contributed by atoms with van der Waals surface area (Å²) in [5.41, 5.74) is 28.0. The van der Waals surface area contributed by atoms with Crippen LogP contribution in [-0.4, -0.2) is 4.57 Å². The van der Waals surface area contributed by atoms with Crippen molar-refractivity contribution in [1.82, 2.24) is 4.57 Å². The van der Waals surface area contributed by atoms with Gasteiger partial charge in [-0.05, 0) is 138 Å². The van der Waals surface area contributed by atoms with Gasteiger partial charge < -0.3 is 9.47 Å². The van der Waals surface area contributed by atoms with Gasteiger partial charge in [0.25, 0.3) is 0 Å². The van der Waals surface area contributed by atoms with Crippen molar-refractivity contribution in [3.05, 3.63) is 360 Å². The molecule has 13 aromatic carbocycles. The minimum absolute atomic E-state index is 0.590. The van der Waals surface area contributed by atoms with E-state index in [1.807, 2.05) is 0 Å². The predicted octanol–water partition coefficient (Wildman–Crippen LogP) is 20.3. The Kier molecular flexibility index (Phi) is 10.2. The zero-order valence-electron chi connectivity index (χ0n) is 44.9. The monoisotopic (exact) mass is 1040 g/mol. The maximum Gasteiger partial charge on any atom is 0.0754 e. The van der Waals surface area contributed by atoms with Crippen molar-refractivity contribution in [2.45, 2.75) is 10.8 Å². The highest BCUT2D eigenvalue weighted by molar-refractivity contribution is 6.13. The average Bonchev–Trinajstić information content (AvgIpc) is 2.96. The fourth-order valence-electron chi connectivity index (χ4n) is 15.0. The maximum absolute atomic E-state index is 2.55. The molecule has 1 atom stereocenters. The van der Waals surface area contributed by atoms with Crippen LogP contribution >= 0.6 is 0 Å². The Labute approximate surface area is 477 Å². The third kappa shape index (κ3) is 6.40. The summed E-state index contributed by atoms with van der Waals surface area (Å²) in [5, 5.41) is 2.55. The van der Waals surface area contributed by atoms with Crippen LogP contribution < -0.4 is 4.90 Å². The lowest BCUT2D eigenvalue weighted by Crippen LogP contribution is -2.33. The van der Waals surface area contributed by atoms with Crippen molar-refractivity contribution in [3.8, 4) is 61.3 Å². The lowest BCUT2D eigenvalue weighted by atomic mass is 9.65. The number of hydrogen-bond acceptors (Lipinski definition) is 1. The summed E-state index contributed by atoms with van der Waals surface area (Å²) in [6.07, 6.45) is 0. The number of fused-ring (bicyclic) bond motifs is 15. The van der Waals surface area contributed by atoms with Crippen molar-refractivity contribution in [2.75, 3.05) is 4.90 Å². The molecule has 3 aliphatic rings. The first-order chi connectivity index (χ1) is 40.7. The third-order valence-corrected chi connectivity index (χ3v) is 18.3. The number of aromatic nitrogens is 1. The van der Waals surface area contributed by atoms with E-state index < -0.39 is 10.8 Å². The molecule has 2 heteroatoms. The zero-order valence-corrected chi connectivity index (χ0v) is 44.9. The second-order valence-corrected chi connectivity index (χ2v) is 22.2. The highest BCUT2D eigenvalue weighted by Gasteiger charge is 2.51. The topological polar surface area (TPSA) is 8.17 Å².